The Hall–Kier alpha value is -3.56. The Kier molecular flexibility index (Phi) is 7.00. The molecule has 0 spiro atoms. The van der Waals surface area contributed by atoms with Crippen molar-refractivity contribution in [2.75, 3.05) is 6.61 Å². The lowest BCUT2D eigenvalue weighted by Crippen LogP contribution is -2.25. The lowest BCUT2D eigenvalue weighted by Gasteiger charge is -2.21. The van der Waals surface area contributed by atoms with Crippen molar-refractivity contribution in [2.24, 2.45) is 5.10 Å². The number of aryl methyl sites for hydroxylation is 1. The third-order valence-electron chi connectivity index (χ3n) is 5.12. The normalized spacial score (nSPS) is 15.4. The summed E-state index contributed by atoms with van der Waals surface area (Å²) in [6.45, 7) is 5.26. The number of carbonyl (C=O) groups excluding carboxylic acids is 1. The van der Waals surface area contributed by atoms with Gasteiger partial charge in [-0.25, -0.2) is 0 Å². The van der Waals surface area contributed by atoms with Crippen LogP contribution in [-0.2, 0) is 19.6 Å². The van der Waals surface area contributed by atoms with Gasteiger partial charge in [0.25, 0.3) is 0 Å². The Morgan fingerprint density at radius 1 is 1.06 bits per heavy atom. The number of rotatable bonds is 7. The molecule has 4 rings (SSSR count). The quantitative estimate of drug-likeness (QED) is 0.409. The van der Waals surface area contributed by atoms with Gasteiger partial charge in [-0.1, -0.05) is 29.3 Å². The van der Waals surface area contributed by atoms with E-state index in [0.29, 0.717) is 16.1 Å². The lowest BCUT2D eigenvalue weighted by atomic mass is 10.1. The molecular formula is C25H23ClN2O6S. The van der Waals surface area contributed by atoms with E-state index < -0.39 is 16.3 Å². The molecule has 1 aliphatic rings. The number of ether oxygens (including phenoxy) is 2. The Morgan fingerprint density at radius 2 is 1.74 bits per heavy atom. The molecule has 0 aliphatic carbocycles. The minimum atomic E-state index is -4.08. The molecule has 1 heterocycles. The molecule has 0 saturated carbocycles. The van der Waals surface area contributed by atoms with E-state index in [4.69, 9.17) is 25.3 Å². The van der Waals surface area contributed by atoms with Gasteiger partial charge in [-0.3, -0.25) is 4.79 Å². The Balaban J connectivity index is 1.64. The van der Waals surface area contributed by atoms with Crippen molar-refractivity contribution in [1.29, 1.82) is 0 Å². The fourth-order valence-corrected chi connectivity index (χ4v) is 4.44. The lowest BCUT2D eigenvalue weighted by molar-refractivity contribution is -0.135. The summed E-state index contributed by atoms with van der Waals surface area (Å²) in [5.74, 6) is 0.122. The van der Waals surface area contributed by atoms with Gasteiger partial charge in [-0.05, 0) is 68.4 Å². The van der Waals surface area contributed by atoms with Crippen molar-refractivity contribution in [3.05, 3.63) is 88.4 Å². The summed E-state index contributed by atoms with van der Waals surface area (Å²) in [4.78, 5) is 12.3. The van der Waals surface area contributed by atoms with E-state index in [9.17, 15) is 13.2 Å². The molecule has 0 fully saturated rings. The van der Waals surface area contributed by atoms with Gasteiger partial charge in [0, 0.05) is 23.1 Å². The highest BCUT2D eigenvalue weighted by molar-refractivity contribution is 7.87. The molecule has 0 bridgehead atoms. The molecule has 1 amide bonds. The van der Waals surface area contributed by atoms with Gasteiger partial charge in [0.2, 0.25) is 18.0 Å². The SMILES string of the molecule is CCOc1cc([C@@H]2OC(c3ccc(Cl)cc3)=NN2C(C)=O)ccc1OS(=O)(=O)c1ccc(C)cc1. The third kappa shape index (κ3) is 5.41. The average molecular weight is 515 g/mol. The molecule has 1 aliphatic heterocycles. The van der Waals surface area contributed by atoms with Gasteiger partial charge in [0.15, 0.2) is 11.5 Å². The predicted molar refractivity (Wildman–Crippen MR) is 131 cm³/mol. The van der Waals surface area contributed by atoms with Crippen LogP contribution in [0.25, 0.3) is 0 Å². The van der Waals surface area contributed by atoms with Crippen LogP contribution in [0.3, 0.4) is 0 Å². The maximum Gasteiger partial charge on any atom is 0.339 e. The van der Waals surface area contributed by atoms with Crippen molar-refractivity contribution in [3.63, 3.8) is 0 Å². The number of nitrogens with zero attached hydrogens (tertiary/aromatic N) is 2. The summed E-state index contributed by atoms with van der Waals surface area (Å²) in [6.07, 6.45) is -0.875. The van der Waals surface area contributed by atoms with Crippen LogP contribution in [0.2, 0.25) is 5.02 Å². The summed E-state index contributed by atoms with van der Waals surface area (Å²) in [5, 5.41) is 6.08. The molecule has 3 aromatic carbocycles. The summed E-state index contributed by atoms with van der Waals surface area (Å²) < 4.78 is 42.6. The minimum absolute atomic E-state index is 0.0161. The maximum atomic E-state index is 12.8. The van der Waals surface area contributed by atoms with Crippen LogP contribution in [0, 0.1) is 6.92 Å². The van der Waals surface area contributed by atoms with Crippen LogP contribution >= 0.6 is 11.6 Å². The van der Waals surface area contributed by atoms with Gasteiger partial charge in [0.1, 0.15) is 4.90 Å². The maximum absolute atomic E-state index is 12.8. The number of halogens is 1. The van der Waals surface area contributed by atoms with Crippen LogP contribution in [0.5, 0.6) is 11.5 Å². The van der Waals surface area contributed by atoms with Gasteiger partial charge in [-0.15, -0.1) is 5.10 Å². The molecule has 1 atom stereocenters. The second-order valence-corrected chi connectivity index (χ2v) is 9.72. The number of amides is 1. The molecule has 0 radical (unpaired) electrons. The molecule has 8 nitrogen and oxygen atoms in total. The fourth-order valence-electron chi connectivity index (χ4n) is 3.38. The van der Waals surface area contributed by atoms with Gasteiger partial charge in [-0.2, -0.15) is 13.4 Å². The van der Waals surface area contributed by atoms with Gasteiger partial charge in [0.05, 0.1) is 6.61 Å². The number of hydrazone groups is 1. The first-order chi connectivity index (χ1) is 16.7. The number of hydrogen-bond donors (Lipinski definition) is 0. The summed E-state index contributed by atoms with van der Waals surface area (Å²) in [7, 11) is -4.08. The molecule has 182 valence electrons. The zero-order chi connectivity index (χ0) is 25.2. The van der Waals surface area contributed by atoms with E-state index in [-0.39, 0.29) is 34.8 Å². The van der Waals surface area contributed by atoms with E-state index in [1.807, 2.05) is 6.92 Å². The monoisotopic (exact) mass is 514 g/mol. The summed E-state index contributed by atoms with van der Waals surface area (Å²) in [5.41, 5.74) is 2.10. The van der Waals surface area contributed by atoms with Crippen molar-refractivity contribution in [3.8, 4) is 11.5 Å². The number of hydrogen-bond acceptors (Lipinski definition) is 7. The second kappa shape index (κ2) is 9.97. The van der Waals surface area contributed by atoms with Crippen LogP contribution < -0.4 is 8.92 Å². The first-order valence-corrected chi connectivity index (χ1v) is 12.6. The fraction of sp³-hybridized carbons (Fsp3) is 0.200. The standard InChI is InChI=1S/C25H23ClN2O6S/c1-4-32-23-15-19(9-14-22(23)34-35(30,31)21-12-5-16(2)6-13-21)25-28(17(3)29)27-24(33-25)18-7-10-20(26)11-8-18/h5-15,25H,4H2,1-3H3/t25-/m0/s1. The van der Waals surface area contributed by atoms with E-state index in [2.05, 4.69) is 5.10 Å². The molecule has 3 aromatic rings. The molecular weight excluding hydrogens is 492 g/mol. The topological polar surface area (TPSA) is 94.5 Å². The minimum Gasteiger partial charge on any atom is -0.490 e. The first kappa shape index (κ1) is 24.6. The number of carbonyl (C=O) groups is 1. The third-order valence-corrected chi connectivity index (χ3v) is 6.62. The average Bonchev–Trinajstić information content (AvgIpc) is 3.27. The Labute approximate surface area is 208 Å². The van der Waals surface area contributed by atoms with Crippen LogP contribution in [-0.4, -0.2) is 31.8 Å². The van der Waals surface area contributed by atoms with Gasteiger partial charge >= 0.3 is 10.1 Å². The first-order valence-electron chi connectivity index (χ1n) is 10.8. The number of benzene rings is 3. The van der Waals surface area contributed by atoms with E-state index in [1.165, 1.54) is 30.1 Å². The van der Waals surface area contributed by atoms with Crippen LogP contribution in [0.15, 0.2) is 76.7 Å². The highest BCUT2D eigenvalue weighted by Gasteiger charge is 2.34. The largest absolute Gasteiger partial charge is 0.490 e. The van der Waals surface area contributed by atoms with Crippen molar-refractivity contribution >= 4 is 33.5 Å². The molecule has 10 heteroatoms. The Bertz CT molecular complexity index is 1370. The zero-order valence-electron chi connectivity index (χ0n) is 19.3. The second-order valence-electron chi connectivity index (χ2n) is 7.74. The van der Waals surface area contributed by atoms with Gasteiger partial charge < -0.3 is 13.7 Å². The Morgan fingerprint density at radius 3 is 2.37 bits per heavy atom. The smallest absolute Gasteiger partial charge is 0.339 e. The molecule has 0 aromatic heterocycles. The van der Waals surface area contributed by atoms with E-state index >= 15 is 0 Å². The van der Waals surface area contributed by atoms with Crippen molar-refractivity contribution < 1.29 is 26.9 Å². The summed E-state index contributed by atoms with van der Waals surface area (Å²) in [6, 6.07) is 17.8. The molecule has 0 unspecified atom stereocenters. The highest BCUT2D eigenvalue weighted by Crippen LogP contribution is 2.37. The summed E-state index contributed by atoms with van der Waals surface area (Å²) >= 11 is 5.96. The zero-order valence-corrected chi connectivity index (χ0v) is 20.8. The van der Waals surface area contributed by atoms with Crippen LogP contribution in [0.1, 0.15) is 36.8 Å². The van der Waals surface area contributed by atoms with Crippen LogP contribution in [0.4, 0.5) is 0 Å². The molecule has 0 saturated heterocycles. The van der Waals surface area contributed by atoms with Crippen molar-refractivity contribution in [2.45, 2.75) is 31.9 Å². The molecule has 35 heavy (non-hydrogen) atoms. The van der Waals surface area contributed by atoms with E-state index in [0.717, 1.165) is 5.56 Å². The highest BCUT2D eigenvalue weighted by atomic mass is 35.5. The molecule has 0 N–H and O–H groups in total. The predicted octanol–water partition coefficient (Wildman–Crippen LogP) is 5.05. The van der Waals surface area contributed by atoms with Crippen molar-refractivity contribution in [1.82, 2.24) is 5.01 Å². The van der Waals surface area contributed by atoms with E-state index in [1.54, 1.807) is 55.5 Å².